The van der Waals surface area contributed by atoms with Gasteiger partial charge in [-0.2, -0.15) is 0 Å². The number of hydrogen-bond acceptors (Lipinski definition) is 3. The third-order valence-electron chi connectivity index (χ3n) is 3.59. The van der Waals surface area contributed by atoms with Crippen molar-refractivity contribution < 1.29 is 4.79 Å². The summed E-state index contributed by atoms with van der Waals surface area (Å²) in [6.45, 7) is 1.70. The van der Waals surface area contributed by atoms with Crippen LogP contribution < -0.4 is 5.32 Å². The molecule has 100 valence electrons. The van der Waals surface area contributed by atoms with Gasteiger partial charge in [0.15, 0.2) is 0 Å². The molecule has 2 aliphatic rings. The van der Waals surface area contributed by atoms with Gasteiger partial charge in [0, 0.05) is 25.2 Å². The molecule has 3 nitrogen and oxygen atoms in total. The maximum absolute atomic E-state index is 12.3. The van der Waals surface area contributed by atoms with E-state index in [-0.39, 0.29) is 18.3 Å². The highest BCUT2D eigenvalue weighted by molar-refractivity contribution is 7.17. The van der Waals surface area contributed by atoms with E-state index in [9.17, 15) is 4.79 Å². The molecule has 2 fully saturated rings. The molecule has 2 atom stereocenters. The highest BCUT2D eigenvalue weighted by atomic mass is 35.5. The number of fused-ring (bicyclic) bond motifs is 2. The summed E-state index contributed by atoms with van der Waals surface area (Å²) in [7, 11) is 0. The van der Waals surface area contributed by atoms with E-state index < -0.39 is 0 Å². The summed E-state index contributed by atoms with van der Waals surface area (Å²) in [5.41, 5.74) is 0. The van der Waals surface area contributed by atoms with Crippen LogP contribution in [0.5, 0.6) is 0 Å². The zero-order valence-corrected chi connectivity index (χ0v) is 12.3. The number of rotatable bonds is 1. The van der Waals surface area contributed by atoms with Gasteiger partial charge in [0.2, 0.25) is 0 Å². The van der Waals surface area contributed by atoms with Gasteiger partial charge in [-0.25, -0.2) is 0 Å². The summed E-state index contributed by atoms with van der Waals surface area (Å²) >= 11 is 7.24. The first-order valence-electron chi connectivity index (χ1n) is 6.03. The van der Waals surface area contributed by atoms with Crippen LogP contribution in [-0.4, -0.2) is 36.0 Å². The zero-order valence-electron chi connectivity index (χ0n) is 9.89. The number of nitrogens with zero attached hydrogens (tertiary/aromatic N) is 1. The molecule has 2 saturated heterocycles. The Kier molecular flexibility index (Phi) is 4.54. The maximum atomic E-state index is 12.3. The molecule has 0 aliphatic carbocycles. The van der Waals surface area contributed by atoms with Gasteiger partial charge in [0.1, 0.15) is 0 Å². The highest BCUT2D eigenvalue weighted by Crippen LogP contribution is 2.25. The van der Waals surface area contributed by atoms with Crippen molar-refractivity contribution in [1.82, 2.24) is 10.2 Å². The second-order valence-electron chi connectivity index (χ2n) is 4.78. The molecule has 1 N–H and O–H groups in total. The first kappa shape index (κ1) is 14.1. The summed E-state index contributed by atoms with van der Waals surface area (Å²) in [6, 6.07) is 4.72. The Bertz CT molecular complexity index is 437. The van der Waals surface area contributed by atoms with E-state index in [1.807, 2.05) is 11.0 Å². The van der Waals surface area contributed by atoms with Crippen molar-refractivity contribution in [1.29, 1.82) is 0 Å². The van der Waals surface area contributed by atoms with E-state index in [4.69, 9.17) is 11.6 Å². The van der Waals surface area contributed by atoms with Crippen LogP contribution in [0.25, 0.3) is 0 Å². The van der Waals surface area contributed by atoms with Crippen molar-refractivity contribution >= 4 is 41.3 Å². The minimum atomic E-state index is 0. The molecule has 18 heavy (non-hydrogen) atoms. The highest BCUT2D eigenvalue weighted by Gasteiger charge is 2.31. The van der Waals surface area contributed by atoms with Gasteiger partial charge in [-0.3, -0.25) is 4.79 Å². The van der Waals surface area contributed by atoms with Gasteiger partial charge < -0.3 is 10.2 Å². The number of hydrogen-bond donors (Lipinski definition) is 1. The lowest BCUT2D eigenvalue weighted by Crippen LogP contribution is -2.38. The van der Waals surface area contributed by atoms with E-state index in [2.05, 4.69) is 5.32 Å². The molecule has 6 heteroatoms. The van der Waals surface area contributed by atoms with Gasteiger partial charge in [-0.05, 0) is 31.4 Å². The summed E-state index contributed by atoms with van der Waals surface area (Å²) in [6.07, 6.45) is 3.53. The van der Waals surface area contributed by atoms with Crippen molar-refractivity contribution in [3.63, 3.8) is 0 Å². The average molecular weight is 307 g/mol. The lowest BCUT2D eigenvalue weighted by Gasteiger charge is -2.23. The average Bonchev–Trinajstić information content (AvgIpc) is 2.84. The molecule has 0 saturated carbocycles. The lowest BCUT2D eigenvalue weighted by atomic mass is 10.1. The van der Waals surface area contributed by atoms with Crippen LogP contribution in [0.2, 0.25) is 4.34 Å². The van der Waals surface area contributed by atoms with E-state index in [0.717, 1.165) is 24.4 Å². The van der Waals surface area contributed by atoms with Crippen molar-refractivity contribution in [2.45, 2.75) is 31.3 Å². The second kappa shape index (κ2) is 5.78. The molecule has 2 bridgehead atoms. The Morgan fingerprint density at radius 2 is 2.11 bits per heavy atom. The lowest BCUT2D eigenvalue weighted by molar-refractivity contribution is 0.0753. The van der Waals surface area contributed by atoms with Gasteiger partial charge in [0.25, 0.3) is 5.91 Å². The van der Waals surface area contributed by atoms with Crippen molar-refractivity contribution in [3.8, 4) is 0 Å². The number of amides is 1. The Labute approximate surface area is 122 Å². The molecular formula is C12H16Cl2N2OS. The smallest absolute Gasteiger partial charge is 0.264 e. The molecule has 0 spiro atoms. The van der Waals surface area contributed by atoms with E-state index >= 15 is 0 Å². The Morgan fingerprint density at radius 1 is 1.33 bits per heavy atom. The molecule has 3 heterocycles. The van der Waals surface area contributed by atoms with E-state index in [1.165, 1.54) is 24.2 Å². The summed E-state index contributed by atoms with van der Waals surface area (Å²) in [5.74, 6) is 0.135. The normalized spacial score (nSPS) is 26.6. The van der Waals surface area contributed by atoms with Crippen LogP contribution in [-0.2, 0) is 0 Å². The van der Waals surface area contributed by atoms with Crippen LogP contribution in [0.1, 0.15) is 28.9 Å². The third-order valence-corrected chi connectivity index (χ3v) is 4.81. The zero-order chi connectivity index (χ0) is 11.8. The number of likely N-dealkylation sites (tertiary alicyclic amines) is 1. The molecule has 0 radical (unpaired) electrons. The quantitative estimate of drug-likeness (QED) is 0.865. The minimum absolute atomic E-state index is 0. The molecular weight excluding hydrogens is 291 g/mol. The van der Waals surface area contributed by atoms with Gasteiger partial charge in [-0.1, -0.05) is 11.6 Å². The summed E-state index contributed by atoms with van der Waals surface area (Å²) in [4.78, 5) is 15.0. The number of thiophene rings is 1. The molecule has 3 rings (SSSR count). The van der Waals surface area contributed by atoms with E-state index in [0.29, 0.717) is 16.4 Å². The molecule has 1 aromatic rings. The molecule has 1 amide bonds. The number of carbonyl (C=O) groups excluding carboxylic acids is 1. The van der Waals surface area contributed by atoms with Crippen molar-refractivity contribution in [2.75, 3.05) is 13.1 Å². The van der Waals surface area contributed by atoms with Crippen LogP contribution in [0.3, 0.4) is 0 Å². The number of carbonyl (C=O) groups is 1. The molecule has 0 aromatic carbocycles. The minimum Gasteiger partial charge on any atom is -0.336 e. The third kappa shape index (κ3) is 2.82. The standard InChI is InChI=1S/C12H15ClN2OS.ClH/c13-11-4-3-10(17-11)12(16)15-6-5-8-1-2-9(7-15)14-8;/h3-4,8-9,14H,1-2,5-7H2;1H. The monoisotopic (exact) mass is 306 g/mol. The summed E-state index contributed by atoms with van der Waals surface area (Å²) < 4.78 is 0.683. The molecule has 2 unspecified atom stereocenters. The van der Waals surface area contributed by atoms with E-state index in [1.54, 1.807) is 6.07 Å². The predicted molar refractivity (Wildman–Crippen MR) is 77.0 cm³/mol. The molecule has 1 aromatic heterocycles. The maximum Gasteiger partial charge on any atom is 0.264 e. The Morgan fingerprint density at radius 3 is 2.83 bits per heavy atom. The fourth-order valence-corrected chi connectivity index (χ4v) is 3.72. The van der Waals surface area contributed by atoms with Gasteiger partial charge in [0.05, 0.1) is 9.21 Å². The second-order valence-corrected chi connectivity index (χ2v) is 6.50. The molecule has 2 aliphatic heterocycles. The van der Waals surface area contributed by atoms with Crippen molar-refractivity contribution in [2.24, 2.45) is 0 Å². The Hall–Kier alpha value is -0.290. The SMILES string of the molecule is Cl.O=C(c1ccc(Cl)s1)N1CCC2CCC(C1)N2. The first-order valence-corrected chi connectivity index (χ1v) is 7.22. The van der Waals surface area contributed by atoms with Gasteiger partial charge in [-0.15, -0.1) is 23.7 Å². The van der Waals surface area contributed by atoms with Crippen LogP contribution in [0.4, 0.5) is 0 Å². The largest absolute Gasteiger partial charge is 0.336 e. The van der Waals surface area contributed by atoms with Crippen LogP contribution >= 0.6 is 35.3 Å². The topological polar surface area (TPSA) is 32.3 Å². The predicted octanol–water partition coefficient (Wildman–Crippen LogP) is 2.79. The number of nitrogens with one attached hydrogen (secondary N) is 1. The number of halogens is 2. The fraction of sp³-hybridized carbons (Fsp3) is 0.583. The Balaban J connectivity index is 0.00000120. The van der Waals surface area contributed by atoms with Crippen LogP contribution in [0, 0.1) is 0 Å². The fourth-order valence-electron chi connectivity index (χ4n) is 2.71. The van der Waals surface area contributed by atoms with Crippen LogP contribution in [0.15, 0.2) is 12.1 Å². The first-order chi connectivity index (χ1) is 8.22. The van der Waals surface area contributed by atoms with Gasteiger partial charge >= 0.3 is 0 Å². The summed E-state index contributed by atoms with van der Waals surface area (Å²) in [5, 5.41) is 3.58. The van der Waals surface area contributed by atoms with Crippen molar-refractivity contribution in [3.05, 3.63) is 21.3 Å².